The Balaban J connectivity index is 1.41. The highest BCUT2D eigenvalue weighted by molar-refractivity contribution is 5.87. The van der Waals surface area contributed by atoms with E-state index in [9.17, 15) is 4.79 Å². The first-order valence-electron chi connectivity index (χ1n) is 8.33. The van der Waals surface area contributed by atoms with Crippen molar-refractivity contribution in [2.24, 2.45) is 0 Å². The Kier molecular flexibility index (Phi) is 4.65. The highest BCUT2D eigenvalue weighted by Crippen LogP contribution is 2.13. The van der Waals surface area contributed by atoms with Crippen LogP contribution in [0.1, 0.15) is 11.5 Å². The summed E-state index contributed by atoms with van der Waals surface area (Å²) in [5.41, 5.74) is 2.35. The van der Waals surface area contributed by atoms with Crippen LogP contribution in [-0.2, 0) is 16.1 Å². The molecule has 2 aromatic heterocycles. The van der Waals surface area contributed by atoms with Crippen LogP contribution in [0.3, 0.4) is 0 Å². The van der Waals surface area contributed by atoms with Gasteiger partial charge in [-0.2, -0.15) is 4.68 Å². The molecule has 0 spiro atoms. The minimum absolute atomic E-state index is 0.0315. The second-order valence-electron chi connectivity index (χ2n) is 5.71. The molecule has 0 saturated carbocycles. The van der Waals surface area contributed by atoms with Gasteiger partial charge in [0.15, 0.2) is 12.4 Å². The normalized spacial score (nSPS) is 11.1. The van der Waals surface area contributed by atoms with Crippen molar-refractivity contribution in [3.63, 3.8) is 0 Å². The quantitative estimate of drug-likeness (QED) is 0.403. The van der Waals surface area contributed by atoms with Gasteiger partial charge in [0.25, 0.3) is 0 Å². The highest BCUT2D eigenvalue weighted by atomic mass is 16.5. The number of aromatic nitrogens is 5. The number of tetrazole rings is 1. The van der Waals surface area contributed by atoms with E-state index in [-0.39, 0.29) is 6.61 Å². The summed E-state index contributed by atoms with van der Waals surface area (Å²) >= 11 is 0. The molecule has 0 fully saturated rings. The van der Waals surface area contributed by atoms with Crippen molar-refractivity contribution in [3.05, 3.63) is 84.3 Å². The number of esters is 1. The molecule has 132 valence electrons. The molecular formula is C20H15N5O2. The largest absolute Gasteiger partial charge is 0.454 e. The lowest BCUT2D eigenvalue weighted by atomic mass is 10.2. The number of hydrogen-bond donors (Lipinski definition) is 0. The van der Waals surface area contributed by atoms with Crippen LogP contribution in [0.15, 0.2) is 72.8 Å². The number of carbonyl (C=O) groups is 1. The van der Waals surface area contributed by atoms with E-state index in [4.69, 9.17) is 4.74 Å². The van der Waals surface area contributed by atoms with Crippen molar-refractivity contribution in [1.29, 1.82) is 0 Å². The van der Waals surface area contributed by atoms with Gasteiger partial charge in [0.1, 0.15) is 0 Å². The van der Waals surface area contributed by atoms with E-state index < -0.39 is 5.97 Å². The molecule has 2 heterocycles. The van der Waals surface area contributed by atoms with Crippen LogP contribution < -0.4 is 0 Å². The molecule has 0 aliphatic carbocycles. The van der Waals surface area contributed by atoms with Crippen LogP contribution in [-0.4, -0.2) is 31.2 Å². The van der Waals surface area contributed by atoms with Crippen LogP contribution in [0, 0.1) is 0 Å². The van der Waals surface area contributed by atoms with Crippen LogP contribution in [0.2, 0.25) is 0 Å². The average Bonchev–Trinajstić information content (AvgIpc) is 3.20. The molecule has 4 aromatic rings. The average molecular weight is 357 g/mol. The van der Waals surface area contributed by atoms with Crippen LogP contribution >= 0.6 is 0 Å². The van der Waals surface area contributed by atoms with E-state index in [2.05, 4.69) is 20.5 Å². The fourth-order valence-corrected chi connectivity index (χ4v) is 2.58. The first-order valence-corrected chi connectivity index (χ1v) is 8.33. The van der Waals surface area contributed by atoms with Gasteiger partial charge < -0.3 is 4.74 Å². The Morgan fingerprint density at radius 2 is 1.81 bits per heavy atom. The lowest BCUT2D eigenvalue weighted by molar-refractivity contribution is -0.139. The molecule has 2 aromatic carbocycles. The van der Waals surface area contributed by atoms with E-state index in [1.165, 1.54) is 10.8 Å². The predicted molar refractivity (Wildman–Crippen MR) is 99.7 cm³/mol. The van der Waals surface area contributed by atoms with E-state index in [0.717, 1.165) is 16.6 Å². The second kappa shape index (κ2) is 7.57. The number of para-hydroxylation sites is 2. The van der Waals surface area contributed by atoms with Crippen LogP contribution in [0.5, 0.6) is 0 Å². The molecule has 0 N–H and O–H groups in total. The molecule has 0 unspecified atom stereocenters. The smallest absolute Gasteiger partial charge is 0.331 e. The lowest BCUT2D eigenvalue weighted by Crippen LogP contribution is -2.08. The number of rotatable bonds is 5. The molecular weight excluding hydrogens is 342 g/mol. The molecule has 0 amide bonds. The molecule has 0 aliphatic heterocycles. The first kappa shape index (κ1) is 16.6. The third-order valence-electron chi connectivity index (χ3n) is 3.89. The zero-order valence-electron chi connectivity index (χ0n) is 14.3. The summed E-state index contributed by atoms with van der Waals surface area (Å²) in [6.07, 6.45) is 2.96. The number of fused-ring (bicyclic) bond motifs is 1. The third kappa shape index (κ3) is 3.87. The van der Waals surface area contributed by atoms with Gasteiger partial charge in [-0.3, -0.25) is 0 Å². The maximum atomic E-state index is 12.0. The zero-order valence-corrected chi connectivity index (χ0v) is 14.3. The molecule has 0 aliphatic rings. The maximum absolute atomic E-state index is 12.0. The summed E-state index contributed by atoms with van der Waals surface area (Å²) in [4.78, 5) is 16.5. The van der Waals surface area contributed by atoms with Gasteiger partial charge in [0.05, 0.1) is 16.9 Å². The number of hydrogen-bond acceptors (Lipinski definition) is 6. The molecule has 0 atom stereocenters. The minimum Gasteiger partial charge on any atom is -0.454 e. The Morgan fingerprint density at radius 3 is 2.70 bits per heavy atom. The van der Waals surface area contributed by atoms with Crippen molar-refractivity contribution < 1.29 is 9.53 Å². The number of pyridine rings is 1. The van der Waals surface area contributed by atoms with Crippen molar-refractivity contribution >= 4 is 22.9 Å². The summed E-state index contributed by atoms with van der Waals surface area (Å²) in [5.74, 6) is -0.0562. The Bertz CT molecular complexity index is 1110. The molecule has 0 radical (unpaired) electrons. The van der Waals surface area contributed by atoms with E-state index in [0.29, 0.717) is 11.5 Å². The van der Waals surface area contributed by atoms with Crippen LogP contribution in [0.4, 0.5) is 0 Å². The van der Waals surface area contributed by atoms with Gasteiger partial charge in [-0.05, 0) is 40.8 Å². The second-order valence-corrected chi connectivity index (χ2v) is 5.71. The summed E-state index contributed by atoms with van der Waals surface area (Å²) < 4.78 is 6.77. The number of carbonyl (C=O) groups excluding carboxylic acids is 1. The standard InChI is InChI=1S/C20H15N5O2/c26-20(13-12-16-11-10-15-6-4-5-9-18(15)21-16)27-14-19-22-23-24-25(19)17-7-2-1-3-8-17/h1-13H,14H2/b13-12+. The van der Waals surface area contributed by atoms with Gasteiger partial charge in [-0.1, -0.05) is 42.5 Å². The predicted octanol–water partition coefficient (Wildman–Crippen LogP) is 2.97. The summed E-state index contributed by atoms with van der Waals surface area (Å²) in [7, 11) is 0. The molecule has 0 saturated heterocycles. The molecule has 0 bridgehead atoms. The molecule has 27 heavy (non-hydrogen) atoms. The summed E-state index contributed by atoms with van der Waals surface area (Å²) in [5, 5.41) is 12.5. The topological polar surface area (TPSA) is 82.8 Å². The lowest BCUT2D eigenvalue weighted by Gasteiger charge is -2.04. The van der Waals surface area contributed by atoms with Gasteiger partial charge in [0.2, 0.25) is 0 Å². The van der Waals surface area contributed by atoms with Crippen molar-refractivity contribution in [2.45, 2.75) is 6.61 Å². The van der Waals surface area contributed by atoms with Crippen molar-refractivity contribution in [1.82, 2.24) is 25.2 Å². The van der Waals surface area contributed by atoms with Gasteiger partial charge in [0, 0.05) is 11.5 Å². The zero-order chi connectivity index (χ0) is 18.5. The Labute approximate surface area is 154 Å². The Hall–Kier alpha value is -3.87. The fraction of sp³-hybridized carbons (Fsp3) is 0.0500. The van der Waals surface area contributed by atoms with Crippen LogP contribution in [0.25, 0.3) is 22.7 Å². The van der Waals surface area contributed by atoms with E-state index >= 15 is 0 Å². The van der Waals surface area contributed by atoms with Crippen molar-refractivity contribution in [2.75, 3.05) is 0 Å². The van der Waals surface area contributed by atoms with Gasteiger partial charge in [-0.15, -0.1) is 5.10 Å². The van der Waals surface area contributed by atoms with Gasteiger partial charge in [-0.25, -0.2) is 9.78 Å². The number of ether oxygens (including phenoxy) is 1. The number of nitrogens with zero attached hydrogens (tertiary/aromatic N) is 5. The van der Waals surface area contributed by atoms with E-state index in [1.807, 2.05) is 66.7 Å². The first-order chi connectivity index (χ1) is 13.3. The maximum Gasteiger partial charge on any atom is 0.331 e. The Morgan fingerprint density at radius 1 is 1.00 bits per heavy atom. The van der Waals surface area contributed by atoms with Crippen molar-refractivity contribution in [3.8, 4) is 5.69 Å². The molecule has 7 heteroatoms. The highest BCUT2D eigenvalue weighted by Gasteiger charge is 2.09. The monoisotopic (exact) mass is 357 g/mol. The molecule has 4 rings (SSSR count). The minimum atomic E-state index is -0.493. The SMILES string of the molecule is O=C(/C=C/c1ccc2ccccc2n1)OCc1nnnn1-c1ccccc1. The fourth-order valence-electron chi connectivity index (χ4n) is 2.58. The molecule has 7 nitrogen and oxygen atoms in total. The summed E-state index contributed by atoms with van der Waals surface area (Å²) in [6, 6.07) is 21.0. The third-order valence-corrected chi connectivity index (χ3v) is 3.89. The van der Waals surface area contributed by atoms with Gasteiger partial charge >= 0.3 is 5.97 Å². The summed E-state index contributed by atoms with van der Waals surface area (Å²) in [6.45, 7) is -0.0315. The van der Waals surface area contributed by atoms with E-state index in [1.54, 1.807) is 6.08 Å². The number of benzene rings is 2.